The number of benzene rings is 1. The Kier molecular flexibility index (Phi) is 11.0. The average Bonchev–Trinajstić information content (AvgIpc) is 4.04. The number of methoxy groups -OCH3 is 1. The summed E-state index contributed by atoms with van der Waals surface area (Å²) in [6, 6.07) is 0.383. The number of esters is 2. The predicted octanol–water partition coefficient (Wildman–Crippen LogP) is 5.11. The smallest absolute Gasteiger partial charge is 0.413 e. The number of anilines is 1. The van der Waals surface area contributed by atoms with E-state index >= 15 is 8.78 Å². The first-order chi connectivity index (χ1) is 29.6. The van der Waals surface area contributed by atoms with E-state index in [1.807, 2.05) is 0 Å². The number of carbonyl (C=O) groups excluding carboxylic acids is 5. The molecule has 1 aromatic carbocycles. The molecule has 2 aromatic rings. The number of nitrogens with zero attached hydrogens (tertiary/aromatic N) is 3. The Morgan fingerprint density at radius 3 is 2.41 bits per heavy atom. The molecule has 5 aliphatic carbocycles. The van der Waals surface area contributed by atoms with E-state index < -0.39 is 106 Å². The van der Waals surface area contributed by atoms with Gasteiger partial charge in [-0.05, 0) is 82.4 Å². The molecule has 10 atom stereocenters. The summed E-state index contributed by atoms with van der Waals surface area (Å²) in [5.41, 5.74) is -7.27. The molecule has 17 heteroatoms. The number of ether oxygens (including phenoxy) is 4. The lowest BCUT2D eigenvalue weighted by atomic mass is 9.44. The number of alkyl halides is 1. The second kappa shape index (κ2) is 15.5. The number of carbonyl (C=O) groups is 5. The van der Waals surface area contributed by atoms with Crippen molar-refractivity contribution in [2.75, 3.05) is 38.3 Å². The lowest BCUT2D eigenvalue weighted by molar-refractivity contribution is -0.219. The molecule has 2 unspecified atom stereocenters. The maximum atomic E-state index is 17.7. The van der Waals surface area contributed by atoms with Crippen LogP contribution in [0.5, 0.6) is 5.75 Å². The molecule has 63 heavy (non-hydrogen) atoms. The first kappa shape index (κ1) is 44.4. The van der Waals surface area contributed by atoms with Crippen molar-refractivity contribution in [3.05, 3.63) is 57.7 Å². The van der Waals surface area contributed by atoms with Crippen LogP contribution < -0.4 is 15.1 Å². The maximum absolute atomic E-state index is 17.7. The molecule has 0 bridgehead atoms. The van der Waals surface area contributed by atoms with Gasteiger partial charge in [0.1, 0.15) is 16.9 Å². The van der Waals surface area contributed by atoms with Gasteiger partial charge in [-0.2, -0.15) is 0 Å². The summed E-state index contributed by atoms with van der Waals surface area (Å²) in [5, 5.41) is 24.0. The third-order valence-corrected chi connectivity index (χ3v) is 15.3. The number of allylic oxidation sites excluding steroid dienone is 4. The molecule has 1 saturated heterocycles. The van der Waals surface area contributed by atoms with Crippen molar-refractivity contribution in [2.45, 2.75) is 116 Å². The lowest BCUT2D eigenvalue weighted by Gasteiger charge is -2.62. The molecular formula is C46H55F2N3O12. The molecule has 340 valence electrons. The lowest BCUT2D eigenvalue weighted by Crippen LogP contribution is -2.69. The molecule has 8 rings (SSSR count). The minimum atomic E-state index is -2.17. The largest absolute Gasteiger partial charge is 0.492 e. The molecule has 2 N–H and O–H groups in total. The van der Waals surface area contributed by atoms with Crippen LogP contribution in [-0.4, -0.2) is 112 Å². The minimum Gasteiger partial charge on any atom is -0.492 e. The van der Waals surface area contributed by atoms with E-state index in [1.54, 1.807) is 37.2 Å². The Morgan fingerprint density at radius 1 is 1.05 bits per heavy atom. The summed E-state index contributed by atoms with van der Waals surface area (Å²) in [6.07, 6.45) is 4.29. The predicted molar refractivity (Wildman–Crippen MR) is 222 cm³/mol. The number of hydrogen-bond donors (Lipinski definition) is 2. The molecule has 6 aliphatic rings. The van der Waals surface area contributed by atoms with Crippen molar-refractivity contribution in [3.8, 4) is 5.75 Å². The zero-order valence-corrected chi connectivity index (χ0v) is 36.6. The first-order valence-corrected chi connectivity index (χ1v) is 21.7. The van der Waals surface area contributed by atoms with Crippen LogP contribution in [0.15, 0.2) is 40.9 Å². The van der Waals surface area contributed by atoms with Gasteiger partial charge in [0, 0.05) is 68.5 Å². The van der Waals surface area contributed by atoms with E-state index in [2.05, 4.69) is 0 Å². The summed E-state index contributed by atoms with van der Waals surface area (Å²) >= 11 is 0. The molecule has 0 radical (unpaired) electrons. The van der Waals surface area contributed by atoms with E-state index in [4.69, 9.17) is 18.9 Å². The molecule has 5 fully saturated rings. The van der Waals surface area contributed by atoms with E-state index in [0.717, 1.165) is 6.07 Å². The van der Waals surface area contributed by atoms with Gasteiger partial charge in [0.05, 0.1) is 24.1 Å². The first-order valence-electron chi connectivity index (χ1n) is 21.7. The Balaban J connectivity index is 1.03. The van der Waals surface area contributed by atoms with E-state index in [0.29, 0.717) is 31.3 Å². The standard InChI is InChI=1S/C46H55F2N3O12/c1-23-16-33-32-11-8-27-17-29(53)12-13-43(27,5)45(32,48)35(54)19-44(33,6)46(23,59)36(55)22-61-41(57)31-21-51(28-9-10-28)37-30(39(31)56)18-34(47)38(40(37)60-7)49-14-15-50(24(2)20-49)42(58)63-26(4)62-25(3)52/h12-13,17-18,21,23-24,26,28,32-33,35,54,59H,8-11,14-16,19-20,22H2,1-7H3/t23-,24?,26?,32-,33-,35-,43-,44-,45-,46-/m0/s1. The second-order valence-electron chi connectivity index (χ2n) is 18.9. The van der Waals surface area contributed by atoms with Gasteiger partial charge in [-0.15, -0.1) is 0 Å². The van der Waals surface area contributed by atoms with Gasteiger partial charge >= 0.3 is 18.0 Å². The van der Waals surface area contributed by atoms with Gasteiger partial charge in [0.25, 0.3) is 0 Å². The highest BCUT2D eigenvalue weighted by molar-refractivity contribution is 6.01. The maximum Gasteiger partial charge on any atom is 0.413 e. The number of hydrogen-bond acceptors (Lipinski definition) is 13. The highest BCUT2D eigenvalue weighted by Crippen LogP contribution is 2.70. The van der Waals surface area contributed by atoms with Crippen LogP contribution in [0.25, 0.3) is 10.9 Å². The Hall–Kier alpha value is -5.16. The number of aliphatic hydroxyl groups is 2. The van der Waals surface area contributed by atoms with Gasteiger partial charge in [0.15, 0.2) is 29.6 Å². The summed E-state index contributed by atoms with van der Waals surface area (Å²) in [6.45, 7) is 8.91. The topological polar surface area (TPSA) is 191 Å². The number of fused-ring (bicyclic) bond motifs is 6. The fourth-order valence-corrected chi connectivity index (χ4v) is 12.1. The normalized spacial score (nSPS) is 34.0. The van der Waals surface area contributed by atoms with Crippen LogP contribution >= 0.6 is 0 Å². The SMILES string of the molecule is COc1c(N2CCN(C(=O)OC(C)OC(C)=O)C(C)C2)c(F)cc2c(=O)c(C(=O)OCC(=O)[C@@]3(O)[C@@H](C)C[C@H]4[C@@H]5CCC6=CC(=O)C=C[C@]6(C)[C@@]5(F)[C@@H](O)C[C@@]43C)cn(C3CC3)c12. The molecule has 15 nitrogen and oxygen atoms in total. The molecule has 4 saturated carbocycles. The molecule has 1 aliphatic heterocycles. The number of pyridine rings is 1. The van der Waals surface area contributed by atoms with Crippen LogP contribution in [0, 0.1) is 34.4 Å². The van der Waals surface area contributed by atoms with Crippen molar-refractivity contribution in [2.24, 2.45) is 28.6 Å². The number of aromatic nitrogens is 1. The van der Waals surface area contributed by atoms with Gasteiger partial charge in [0.2, 0.25) is 17.5 Å². The second-order valence-corrected chi connectivity index (χ2v) is 18.9. The van der Waals surface area contributed by atoms with Crippen LogP contribution in [0.3, 0.4) is 0 Å². The number of Topliss-reactive ketones (excluding diaryl/α,β-unsaturated/α-hetero) is 1. The van der Waals surface area contributed by atoms with Crippen molar-refractivity contribution in [1.29, 1.82) is 0 Å². The third kappa shape index (κ3) is 6.69. The van der Waals surface area contributed by atoms with Gasteiger partial charge < -0.3 is 43.5 Å². The molecule has 2 heterocycles. The van der Waals surface area contributed by atoms with E-state index in [1.165, 1.54) is 50.3 Å². The third-order valence-electron chi connectivity index (χ3n) is 15.3. The summed E-state index contributed by atoms with van der Waals surface area (Å²) in [5.74, 6) is -5.63. The van der Waals surface area contributed by atoms with Gasteiger partial charge in [-0.3, -0.25) is 19.2 Å². The van der Waals surface area contributed by atoms with Crippen LogP contribution in [-0.2, 0) is 28.6 Å². The highest BCUT2D eigenvalue weighted by Gasteiger charge is 2.75. The molecular weight excluding hydrogens is 825 g/mol. The summed E-state index contributed by atoms with van der Waals surface area (Å²) in [4.78, 5) is 81.8. The fraction of sp³-hybridized carbons (Fsp3) is 0.609. The quantitative estimate of drug-likeness (QED) is 0.250. The monoisotopic (exact) mass is 879 g/mol. The van der Waals surface area contributed by atoms with E-state index in [9.17, 15) is 39.0 Å². The Morgan fingerprint density at radius 2 is 1.76 bits per heavy atom. The number of rotatable bonds is 9. The van der Waals surface area contributed by atoms with Gasteiger partial charge in [-0.1, -0.05) is 25.5 Å². The van der Waals surface area contributed by atoms with Crippen LogP contribution in [0.2, 0.25) is 0 Å². The molecule has 0 spiro atoms. The summed E-state index contributed by atoms with van der Waals surface area (Å²) < 4.78 is 57.2. The summed E-state index contributed by atoms with van der Waals surface area (Å²) in [7, 11) is 1.34. The minimum absolute atomic E-state index is 0.0511. The number of piperazine rings is 1. The van der Waals surface area contributed by atoms with Crippen molar-refractivity contribution in [1.82, 2.24) is 9.47 Å². The molecule has 1 amide bonds. The Bertz CT molecular complexity index is 2430. The van der Waals surface area contributed by atoms with Crippen molar-refractivity contribution >= 4 is 46.2 Å². The highest BCUT2D eigenvalue weighted by atomic mass is 19.1. The van der Waals surface area contributed by atoms with Crippen LogP contribution in [0.4, 0.5) is 19.3 Å². The Labute approximate surface area is 362 Å². The number of ketones is 2. The number of aliphatic hydroxyl groups excluding tert-OH is 1. The van der Waals surface area contributed by atoms with Crippen molar-refractivity contribution < 1.29 is 61.9 Å². The van der Waals surface area contributed by atoms with Crippen molar-refractivity contribution in [3.63, 3.8) is 0 Å². The van der Waals surface area contributed by atoms with Gasteiger partial charge in [-0.25, -0.2) is 18.4 Å². The van der Waals surface area contributed by atoms with Crippen LogP contribution in [0.1, 0.15) is 96.5 Å². The molecule has 1 aromatic heterocycles. The fourth-order valence-electron chi connectivity index (χ4n) is 12.1. The zero-order chi connectivity index (χ0) is 45.7. The van der Waals surface area contributed by atoms with E-state index in [-0.39, 0.29) is 66.6 Å². The number of halogens is 2. The average molecular weight is 880 g/mol. The zero-order valence-electron chi connectivity index (χ0n) is 36.6. The number of amides is 1.